The Kier molecular flexibility index (Phi) is 6.15. The number of hydrogen-bond donors (Lipinski definition) is 5. The highest BCUT2D eigenvalue weighted by atomic mass is 16.3. The molecular weight excluding hydrogens is 336 g/mol. The van der Waals surface area contributed by atoms with Crippen molar-refractivity contribution in [3.05, 3.63) is 53.6 Å². The van der Waals surface area contributed by atoms with Gasteiger partial charge in [-0.05, 0) is 36.8 Å². The maximum atomic E-state index is 12.4. The van der Waals surface area contributed by atoms with Gasteiger partial charge in [-0.2, -0.15) is 0 Å². The number of carbonyl (C=O) groups is 3. The van der Waals surface area contributed by atoms with Gasteiger partial charge < -0.3 is 26.8 Å². The molecule has 0 aliphatic heterocycles. The van der Waals surface area contributed by atoms with E-state index in [0.717, 1.165) is 0 Å². The Balaban J connectivity index is 2.01. The Morgan fingerprint density at radius 1 is 1.04 bits per heavy atom. The zero-order chi connectivity index (χ0) is 19.1. The van der Waals surface area contributed by atoms with Crippen LogP contribution in [-0.2, 0) is 4.79 Å². The normalized spacial score (nSPS) is 10.0. The predicted molar refractivity (Wildman–Crippen MR) is 98.1 cm³/mol. The van der Waals surface area contributed by atoms with E-state index in [1.165, 1.54) is 6.07 Å². The molecule has 0 unspecified atom stereocenters. The van der Waals surface area contributed by atoms with Crippen LogP contribution in [0.15, 0.2) is 42.5 Å². The minimum absolute atomic E-state index is 0.0451. The summed E-state index contributed by atoms with van der Waals surface area (Å²) in [5.41, 5.74) is 6.74. The molecule has 0 bridgehead atoms. The molecule has 4 amide bonds. The summed E-state index contributed by atoms with van der Waals surface area (Å²) in [5, 5.41) is 17.6. The number of primary amides is 1. The molecule has 0 aliphatic rings. The second kappa shape index (κ2) is 8.52. The van der Waals surface area contributed by atoms with E-state index in [9.17, 15) is 19.5 Å². The third-order valence-corrected chi connectivity index (χ3v) is 3.51. The molecule has 2 aromatic carbocycles. The number of urea groups is 1. The summed E-state index contributed by atoms with van der Waals surface area (Å²) in [6, 6.07) is 10.9. The van der Waals surface area contributed by atoms with E-state index < -0.39 is 17.8 Å². The van der Waals surface area contributed by atoms with Crippen molar-refractivity contribution >= 4 is 29.2 Å². The van der Waals surface area contributed by atoms with Crippen LogP contribution in [0.2, 0.25) is 0 Å². The van der Waals surface area contributed by atoms with E-state index >= 15 is 0 Å². The summed E-state index contributed by atoms with van der Waals surface area (Å²) >= 11 is 0. The van der Waals surface area contributed by atoms with Crippen LogP contribution in [0.25, 0.3) is 0 Å². The van der Waals surface area contributed by atoms with Crippen LogP contribution in [0.4, 0.5) is 16.2 Å². The van der Waals surface area contributed by atoms with Crippen molar-refractivity contribution in [2.45, 2.75) is 13.3 Å². The fourth-order valence-corrected chi connectivity index (χ4v) is 2.29. The van der Waals surface area contributed by atoms with Crippen LogP contribution in [-0.4, -0.2) is 29.5 Å². The average molecular weight is 356 g/mol. The van der Waals surface area contributed by atoms with Gasteiger partial charge in [0.2, 0.25) is 5.91 Å². The van der Waals surface area contributed by atoms with E-state index in [-0.39, 0.29) is 24.3 Å². The molecule has 0 atom stereocenters. The topological polar surface area (TPSA) is 134 Å². The zero-order valence-electron chi connectivity index (χ0n) is 14.2. The van der Waals surface area contributed by atoms with Crippen molar-refractivity contribution in [3.8, 4) is 5.75 Å². The Hall–Kier alpha value is -3.55. The number of aryl methyl sites for hydroxylation is 1. The number of hydrogen-bond acceptors (Lipinski definition) is 4. The van der Waals surface area contributed by atoms with E-state index in [2.05, 4.69) is 16.0 Å². The zero-order valence-corrected chi connectivity index (χ0v) is 14.2. The summed E-state index contributed by atoms with van der Waals surface area (Å²) in [6.45, 7) is 1.85. The molecule has 2 rings (SSSR count). The van der Waals surface area contributed by atoms with E-state index in [0.29, 0.717) is 16.9 Å². The van der Waals surface area contributed by atoms with Gasteiger partial charge in [0.25, 0.3) is 5.91 Å². The van der Waals surface area contributed by atoms with Gasteiger partial charge in [-0.1, -0.05) is 18.2 Å². The largest absolute Gasteiger partial charge is 0.507 e. The Morgan fingerprint density at radius 3 is 2.35 bits per heavy atom. The first kappa shape index (κ1) is 18.8. The van der Waals surface area contributed by atoms with Gasteiger partial charge in [-0.3, -0.25) is 9.59 Å². The number of amides is 4. The molecule has 8 heteroatoms. The predicted octanol–water partition coefficient (Wildman–Crippen LogP) is 1.95. The molecule has 0 aromatic heterocycles. The number of benzene rings is 2. The average Bonchev–Trinajstić information content (AvgIpc) is 2.54. The van der Waals surface area contributed by atoms with Crippen molar-refractivity contribution < 1.29 is 19.5 Å². The molecule has 0 spiro atoms. The number of carbonyl (C=O) groups excluding carboxylic acids is 3. The molecule has 0 saturated heterocycles. The van der Waals surface area contributed by atoms with Gasteiger partial charge in [-0.25, -0.2) is 4.79 Å². The summed E-state index contributed by atoms with van der Waals surface area (Å²) in [4.78, 5) is 34.8. The van der Waals surface area contributed by atoms with Crippen LogP contribution in [0, 0.1) is 6.92 Å². The monoisotopic (exact) mass is 356 g/mol. The van der Waals surface area contributed by atoms with Crippen LogP contribution in [0.1, 0.15) is 22.3 Å². The maximum Gasteiger partial charge on any atom is 0.319 e. The number of nitrogens with two attached hydrogens (primary N) is 1. The summed E-state index contributed by atoms with van der Waals surface area (Å²) in [6.07, 6.45) is 0.0451. The first-order chi connectivity index (χ1) is 12.4. The molecule has 6 N–H and O–H groups in total. The Bertz CT molecular complexity index is 815. The van der Waals surface area contributed by atoms with Crippen molar-refractivity contribution in [2.75, 3.05) is 17.2 Å². The van der Waals surface area contributed by atoms with E-state index in [1.54, 1.807) is 43.3 Å². The lowest BCUT2D eigenvalue weighted by Gasteiger charge is -2.11. The standard InChI is InChI=1S/C18H20N4O4/c1-11-4-2-7-14(23)16(11)17(25)21-12-5-3-6-13(10-12)22-18(26)20-9-8-15(19)24/h2-7,10,23H,8-9H2,1H3,(H2,19,24)(H,21,25)(H2,20,22,26). The molecule has 2 aromatic rings. The van der Waals surface area contributed by atoms with E-state index in [4.69, 9.17) is 5.73 Å². The SMILES string of the molecule is Cc1cccc(O)c1C(=O)Nc1cccc(NC(=O)NCCC(N)=O)c1. The maximum absolute atomic E-state index is 12.4. The first-order valence-electron chi connectivity index (χ1n) is 7.90. The number of nitrogens with one attached hydrogen (secondary N) is 3. The minimum Gasteiger partial charge on any atom is -0.507 e. The number of anilines is 2. The fourth-order valence-electron chi connectivity index (χ4n) is 2.29. The molecule has 8 nitrogen and oxygen atoms in total. The van der Waals surface area contributed by atoms with Gasteiger partial charge in [0.15, 0.2) is 0 Å². The summed E-state index contributed by atoms with van der Waals surface area (Å²) in [7, 11) is 0. The molecule has 0 radical (unpaired) electrons. The Morgan fingerprint density at radius 2 is 1.69 bits per heavy atom. The molecular formula is C18H20N4O4. The van der Waals surface area contributed by atoms with Gasteiger partial charge in [0.1, 0.15) is 5.75 Å². The first-order valence-corrected chi connectivity index (χ1v) is 7.90. The van der Waals surface area contributed by atoms with Crippen molar-refractivity contribution in [1.82, 2.24) is 5.32 Å². The highest BCUT2D eigenvalue weighted by Crippen LogP contribution is 2.22. The number of rotatable bonds is 6. The minimum atomic E-state index is -0.505. The third kappa shape index (κ3) is 5.23. The number of phenolic OH excluding ortho intramolecular Hbond substituents is 1. The molecule has 0 saturated carbocycles. The van der Waals surface area contributed by atoms with Gasteiger partial charge in [-0.15, -0.1) is 0 Å². The van der Waals surface area contributed by atoms with Crippen molar-refractivity contribution in [2.24, 2.45) is 5.73 Å². The molecule has 136 valence electrons. The lowest BCUT2D eigenvalue weighted by Crippen LogP contribution is -2.31. The number of aromatic hydroxyl groups is 1. The van der Waals surface area contributed by atoms with Crippen LogP contribution >= 0.6 is 0 Å². The summed E-state index contributed by atoms with van der Waals surface area (Å²) < 4.78 is 0. The summed E-state index contributed by atoms with van der Waals surface area (Å²) in [5.74, 6) is -1.07. The molecule has 0 aliphatic carbocycles. The molecule has 0 heterocycles. The van der Waals surface area contributed by atoms with Crippen molar-refractivity contribution in [1.29, 1.82) is 0 Å². The van der Waals surface area contributed by atoms with Crippen LogP contribution < -0.4 is 21.7 Å². The number of phenols is 1. The van der Waals surface area contributed by atoms with Crippen LogP contribution in [0.5, 0.6) is 5.75 Å². The highest BCUT2D eigenvalue weighted by molar-refractivity contribution is 6.07. The molecule has 26 heavy (non-hydrogen) atoms. The van der Waals surface area contributed by atoms with Crippen LogP contribution in [0.3, 0.4) is 0 Å². The van der Waals surface area contributed by atoms with Crippen molar-refractivity contribution in [3.63, 3.8) is 0 Å². The highest BCUT2D eigenvalue weighted by Gasteiger charge is 2.14. The second-order valence-electron chi connectivity index (χ2n) is 5.60. The van der Waals surface area contributed by atoms with Gasteiger partial charge in [0.05, 0.1) is 5.56 Å². The smallest absolute Gasteiger partial charge is 0.319 e. The Labute approximate surface area is 150 Å². The van der Waals surface area contributed by atoms with Gasteiger partial charge >= 0.3 is 6.03 Å². The lowest BCUT2D eigenvalue weighted by atomic mass is 10.1. The second-order valence-corrected chi connectivity index (χ2v) is 5.60. The third-order valence-electron chi connectivity index (χ3n) is 3.51. The van der Waals surface area contributed by atoms with Gasteiger partial charge in [0, 0.05) is 24.3 Å². The van der Waals surface area contributed by atoms with E-state index in [1.807, 2.05) is 0 Å². The lowest BCUT2D eigenvalue weighted by molar-refractivity contribution is -0.117. The molecule has 0 fully saturated rings. The quantitative estimate of drug-likeness (QED) is 0.541. The fraction of sp³-hybridized carbons (Fsp3) is 0.167.